The van der Waals surface area contributed by atoms with Crippen molar-refractivity contribution >= 4 is 17.3 Å². The number of benzene rings is 2. The summed E-state index contributed by atoms with van der Waals surface area (Å²) < 4.78 is 50.8. The molecule has 0 saturated carbocycles. The molecule has 0 aliphatic carbocycles. The standard InChI is InChI=1S/C25H22ClF3N4O2/c1-32(2)18-11-12-33(14-18)17-6-3-15(4-7-17)23-30-31-24(35-23)22-10-9-21(34-22)19-13-16(25(27,28)29)5-8-20(19)26/h3-10,13,18H,11-12,14H2,1-2H3. The van der Waals surface area contributed by atoms with Crippen molar-refractivity contribution in [2.45, 2.75) is 18.6 Å². The first-order valence-electron chi connectivity index (χ1n) is 11.0. The topological polar surface area (TPSA) is 58.5 Å². The molecule has 1 unspecified atom stereocenters. The van der Waals surface area contributed by atoms with Crippen molar-refractivity contribution in [1.29, 1.82) is 0 Å². The molecule has 0 N–H and O–H groups in total. The molecule has 182 valence electrons. The number of furan rings is 1. The van der Waals surface area contributed by atoms with E-state index in [9.17, 15) is 13.2 Å². The molecule has 3 heterocycles. The van der Waals surface area contributed by atoms with Gasteiger partial charge in [-0.05, 0) is 75.1 Å². The highest BCUT2D eigenvalue weighted by Crippen LogP contribution is 2.38. The van der Waals surface area contributed by atoms with Crippen molar-refractivity contribution in [2.24, 2.45) is 0 Å². The first-order chi connectivity index (χ1) is 16.7. The second-order valence-corrected chi connectivity index (χ2v) is 9.07. The third-order valence-electron chi connectivity index (χ3n) is 6.17. The molecule has 0 radical (unpaired) electrons. The number of likely N-dealkylation sites (N-methyl/N-ethyl adjacent to an activating group) is 1. The van der Waals surface area contributed by atoms with Crippen molar-refractivity contribution in [3.63, 3.8) is 0 Å². The Morgan fingerprint density at radius 2 is 1.66 bits per heavy atom. The van der Waals surface area contributed by atoms with Gasteiger partial charge < -0.3 is 18.6 Å². The van der Waals surface area contributed by atoms with E-state index in [4.69, 9.17) is 20.4 Å². The van der Waals surface area contributed by atoms with Gasteiger partial charge in [-0.25, -0.2) is 0 Å². The lowest BCUT2D eigenvalue weighted by Crippen LogP contribution is -2.31. The highest BCUT2D eigenvalue weighted by Gasteiger charge is 2.31. The molecule has 1 aliphatic heterocycles. The van der Waals surface area contributed by atoms with Gasteiger partial charge in [-0.2, -0.15) is 13.2 Å². The summed E-state index contributed by atoms with van der Waals surface area (Å²) in [6, 6.07) is 14.6. The molecule has 0 bridgehead atoms. The van der Waals surface area contributed by atoms with Gasteiger partial charge in [0.2, 0.25) is 5.89 Å². The van der Waals surface area contributed by atoms with Crippen LogP contribution in [0.2, 0.25) is 5.02 Å². The number of rotatable bonds is 5. The summed E-state index contributed by atoms with van der Waals surface area (Å²) in [6.45, 7) is 1.98. The Balaban J connectivity index is 1.34. The van der Waals surface area contributed by atoms with Crippen molar-refractivity contribution in [2.75, 3.05) is 32.1 Å². The van der Waals surface area contributed by atoms with Crippen LogP contribution in [0.4, 0.5) is 18.9 Å². The third-order valence-corrected chi connectivity index (χ3v) is 6.50. The molecule has 10 heteroatoms. The maximum Gasteiger partial charge on any atom is 0.416 e. The van der Waals surface area contributed by atoms with Crippen molar-refractivity contribution < 1.29 is 22.0 Å². The van der Waals surface area contributed by atoms with Crippen LogP contribution in [0.3, 0.4) is 0 Å². The molecule has 1 atom stereocenters. The van der Waals surface area contributed by atoms with Gasteiger partial charge in [-0.3, -0.25) is 0 Å². The number of hydrogen-bond acceptors (Lipinski definition) is 6. The van der Waals surface area contributed by atoms with E-state index in [2.05, 4.69) is 34.1 Å². The predicted molar refractivity (Wildman–Crippen MR) is 127 cm³/mol. The second-order valence-electron chi connectivity index (χ2n) is 8.67. The van der Waals surface area contributed by atoms with Crippen LogP contribution in [0.5, 0.6) is 0 Å². The van der Waals surface area contributed by atoms with Crippen LogP contribution in [-0.4, -0.2) is 48.3 Å². The second kappa shape index (κ2) is 9.05. The lowest BCUT2D eigenvalue weighted by Gasteiger charge is -2.21. The Morgan fingerprint density at radius 1 is 0.943 bits per heavy atom. The van der Waals surface area contributed by atoms with E-state index in [1.807, 2.05) is 24.3 Å². The zero-order valence-corrected chi connectivity index (χ0v) is 19.8. The number of aromatic nitrogens is 2. The summed E-state index contributed by atoms with van der Waals surface area (Å²) in [5.41, 5.74) is 1.20. The molecule has 1 saturated heterocycles. The van der Waals surface area contributed by atoms with Crippen molar-refractivity contribution in [3.8, 4) is 34.4 Å². The average molecular weight is 503 g/mol. The third kappa shape index (κ3) is 4.78. The van der Waals surface area contributed by atoms with E-state index in [-0.39, 0.29) is 28.0 Å². The van der Waals surface area contributed by atoms with Gasteiger partial charge in [-0.15, -0.1) is 10.2 Å². The number of anilines is 1. The molecule has 0 amide bonds. The zero-order chi connectivity index (χ0) is 24.7. The quantitative estimate of drug-likeness (QED) is 0.311. The van der Waals surface area contributed by atoms with Crippen LogP contribution in [0.25, 0.3) is 34.4 Å². The lowest BCUT2D eigenvalue weighted by molar-refractivity contribution is -0.137. The fourth-order valence-electron chi connectivity index (χ4n) is 4.14. The van der Waals surface area contributed by atoms with Gasteiger partial charge in [0.15, 0.2) is 5.76 Å². The Labute approximate surface area is 204 Å². The van der Waals surface area contributed by atoms with Gasteiger partial charge in [0.25, 0.3) is 5.89 Å². The summed E-state index contributed by atoms with van der Waals surface area (Å²) in [7, 11) is 4.20. The fraction of sp³-hybridized carbons (Fsp3) is 0.280. The molecule has 35 heavy (non-hydrogen) atoms. The molecule has 1 aliphatic rings. The number of alkyl halides is 3. The molecular weight excluding hydrogens is 481 g/mol. The van der Waals surface area contributed by atoms with Crippen LogP contribution in [0, 0.1) is 0 Å². The van der Waals surface area contributed by atoms with Crippen LogP contribution in [-0.2, 0) is 6.18 Å². The SMILES string of the molecule is CN(C)C1CCN(c2ccc(-c3nnc(-c4ccc(-c5cc(C(F)(F)F)ccc5Cl)o4)o3)cc2)C1. The van der Waals surface area contributed by atoms with Crippen molar-refractivity contribution in [3.05, 3.63) is 65.2 Å². The highest BCUT2D eigenvalue weighted by atomic mass is 35.5. The molecule has 0 spiro atoms. The van der Waals surface area contributed by atoms with E-state index in [0.717, 1.165) is 42.9 Å². The van der Waals surface area contributed by atoms with E-state index < -0.39 is 11.7 Å². The van der Waals surface area contributed by atoms with Gasteiger partial charge in [0.1, 0.15) is 5.76 Å². The van der Waals surface area contributed by atoms with E-state index in [1.54, 1.807) is 6.07 Å². The van der Waals surface area contributed by atoms with Gasteiger partial charge in [0, 0.05) is 35.9 Å². The lowest BCUT2D eigenvalue weighted by atomic mass is 10.1. The summed E-state index contributed by atoms with van der Waals surface area (Å²) in [6.07, 6.45) is -3.37. The first kappa shape index (κ1) is 23.4. The average Bonchev–Trinajstić information content (AvgIpc) is 3.59. The minimum absolute atomic E-state index is 0.117. The minimum Gasteiger partial charge on any atom is -0.451 e. The highest BCUT2D eigenvalue weighted by molar-refractivity contribution is 6.33. The minimum atomic E-state index is -4.49. The maximum atomic E-state index is 13.1. The van der Waals surface area contributed by atoms with Crippen molar-refractivity contribution in [1.82, 2.24) is 15.1 Å². The number of nitrogens with zero attached hydrogens (tertiary/aromatic N) is 4. The monoisotopic (exact) mass is 502 g/mol. The maximum absolute atomic E-state index is 13.1. The van der Waals surface area contributed by atoms with E-state index >= 15 is 0 Å². The molecule has 6 nitrogen and oxygen atoms in total. The summed E-state index contributed by atoms with van der Waals surface area (Å²) >= 11 is 6.12. The molecule has 2 aromatic carbocycles. The Hall–Kier alpha value is -3.30. The summed E-state index contributed by atoms with van der Waals surface area (Å²) in [5, 5.41) is 8.28. The van der Waals surface area contributed by atoms with Crippen LogP contribution < -0.4 is 4.90 Å². The first-order valence-corrected chi connectivity index (χ1v) is 11.4. The number of hydrogen-bond donors (Lipinski definition) is 0. The largest absolute Gasteiger partial charge is 0.451 e. The fourth-order valence-corrected chi connectivity index (χ4v) is 4.35. The molecule has 1 fully saturated rings. The Kier molecular flexibility index (Phi) is 6.06. The molecule has 4 aromatic rings. The Bertz CT molecular complexity index is 1330. The smallest absolute Gasteiger partial charge is 0.416 e. The zero-order valence-electron chi connectivity index (χ0n) is 19.0. The Morgan fingerprint density at radius 3 is 2.34 bits per heavy atom. The molecule has 2 aromatic heterocycles. The van der Waals surface area contributed by atoms with Gasteiger partial charge >= 0.3 is 6.18 Å². The predicted octanol–water partition coefficient (Wildman–Crippen LogP) is 6.48. The van der Waals surface area contributed by atoms with Gasteiger partial charge in [-0.1, -0.05) is 11.6 Å². The van der Waals surface area contributed by atoms with Crippen LogP contribution in [0.15, 0.2) is 63.4 Å². The number of halogens is 4. The van der Waals surface area contributed by atoms with Crippen LogP contribution >= 0.6 is 11.6 Å². The summed E-state index contributed by atoms with van der Waals surface area (Å²) in [4.78, 5) is 4.59. The van der Waals surface area contributed by atoms with Gasteiger partial charge in [0.05, 0.1) is 10.6 Å². The van der Waals surface area contributed by atoms with Crippen LogP contribution in [0.1, 0.15) is 12.0 Å². The molecule has 5 rings (SSSR count). The van der Waals surface area contributed by atoms with E-state index in [1.165, 1.54) is 12.1 Å². The molecular formula is C25H22ClF3N4O2. The summed E-state index contributed by atoms with van der Waals surface area (Å²) in [5.74, 6) is 0.832. The van der Waals surface area contributed by atoms with E-state index in [0.29, 0.717) is 11.9 Å². The normalized spacial score (nSPS) is 16.4.